The number of halogens is 1. The third-order valence-electron chi connectivity index (χ3n) is 4.61. The second-order valence-electron chi connectivity index (χ2n) is 6.59. The van der Waals surface area contributed by atoms with Gasteiger partial charge in [-0.3, -0.25) is 14.0 Å². The van der Waals surface area contributed by atoms with Crippen molar-refractivity contribution in [2.45, 2.75) is 18.6 Å². The van der Waals surface area contributed by atoms with Gasteiger partial charge in [0, 0.05) is 42.5 Å². The molecule has 0 aliphatic carbocycles. The summed E-state index contributed by atoms with van der Waals surface area (Å²) in [7, 11) is 1.71. The fourth-order valence-electron chi connectivity index (χ4n) is 3.18. The molecule has 0 atom stereocenters. The molecule has 0 spiro atoms. The molecule has 0 aromatic carbocycles. The maximum Gasteiger partial charge on any atom is 0.258 e. The number of methoxy groups -OCH3 is 1. The molecular formula is C17H25ClN4O3S2. The van der Waals surface area contributed by atoms with Gasteiger partial charge < -0.3 is 15.4 Å². The normalized spacial score (nSPS) is 16.0. The van der Waals surface area contributed by atoms with E-state index < -0.39 is 0 Å². The Morgan fingerprint density at radius 1 is 1.48 bits per heavy atom. The lowest BCUT2D eigenvalue weighted by molar-refractivity contribution is -0.119. The molecule has 2 aromatic rings. The van der Waals surface area contributed by atoms with Crippen LogP contribution in [0.5, 0.6) is 0 Å². The van der Waals surface area contributed by atoms with Gasteiger partial charge in [-0.05, 0) is 25.9 Å². The van der Waals surface area contributed by atoms with Crippen molar-refractivity contribution in [1.82, 2.24) is 20.0 Å². The number of nitrogens with one attached hydrogen (secondary N) is 2. The van der Waals surface area contributed by atoms with Crippen molar-refractivity contribution in [3.8, 4) is 0 Å². The second-order valence-corrected chi connectivity index (χ2v) is 8.45. The van der Waals surface area contributed by atoms with Crippen LogP contribution in [0.3, 0.4) is 0 Å². The molecule has 1 fully saturated rings. The minimum absolute atomic E-state index is 0. The van der Waals surface area contributed by atoms with E-state index in [4.69, 9.17) is 4.74 Å². The molecule has 1 aliphatic heterocycles. The molecule has 10 heteroatoms. The van der Waals surface area contributed by atoms with Crippen molar-refractivity contribution in [3.63, 3.8) is 0 Å². The highest BCUT2D eigenvalue weighted by Gasteiger charge is 2.32. The van der Waals surface area contributed by atoms with Gasteiger partial charge in [-0.15, -0.1) is 35.5 Å². The van der Waals surface area contributed by atoms with Crippen LogP contribution in [0, 0.1) is 5.41 Å². The van der Waals surface area contributed by atoms with Crippen LogP contribution in [0.15, 0.2) is 22.4 Å². The van der Waals surface area contributed by atoms with Crippen LogP contribution in [0.4, 0.5) is 0 Å². The number of carbonyl (C=O) groups excluding carboxylic acids is 1. The van der Waals surface area contributed by atoms with Crippen LogP contribution < -0.4 is 16.2 Å². The summed E-state index contributed by atoms with van der Waals surface area (Å²) in [6, 6.07) is 1.53. The molecule has 2 aromatic heterocycles. The topological polar surface area (TPSA) is 84.7 Å². The molecule has 3 rings (SSSR count). The average molecular weight is 433 g/mol. The van der Waals surface area contributed by atoms with Crippen LogP contribution in [-0.2, 0) is 15.3 Å². The lowest BCUT2D eigenvalue weighted by Gasteiger charge is -2.37. The number of aromatic nitrogens is 2. The van der Waals surface area contributed by atoms with Crippen LogP contribution >= 0.6 is 35.5 Å². The van der Waals surface area contributed by atoms with Crippen LogP contribution in [0.2, 0.25) is 0 Å². The summed E-state index contributed by atoms with van der Waals surface area (Å²) in [5, 5.41) is 8.23. The molecule has 1 saturated heterocycles. The summed E-state index contributed by atoms with van der Waals surface area (Å²) in [4.78, 5) is 29.3. The van der Waals surface area contributed by atoms with Gasteiger partial charge in [-0.1, -0.05) is 0 Å². The number of carbonyl (C=O) groups is 1. The lowest BCUT2D eigenvalue weighted by Crippen LogP contribution is -2.47. The number of thiazole rings is 1. The first kappa shape index (κ1) is 22.2. The highest BCUT2D eigenvalue weighted by molar-refractivity contribution is 7.99. The Morgan fingerprint density at radius 3 is 3.00 bits per heavy atom. The Kier molecular flexibility index (Phi) is 8.56. The molecule has 1 aliphatic rings. The summed E-state index contributed by atoms with van der Waals surface area (Å²) < 4.78 is 6.90. The molecule has 2 N–H and O–H groups in total. The van der Waals surface area contributed by atoms with Gasteiger partial charge >= 0.3 is 0 Å². The van der Waals surface area contributed by atoms with Gasteiger partial charge in [-0.2, -0.15) is 0 Å². The zero-order chi connectivity index (χ0) is 18.4. The number of ether oxygens (including phenoxy) is 1. The van der Waals surface area contributed by atoms with Crippen LogP contribution in [0.1, 0.15) is 18.5 Å². The standard InChI is InChI=1S/C17H24N4O3S2.ClH/c1-24-12-17(2-4-18-5-3-17)11-19-14(22)10-25-9-13-8-15(23)21-6-7-26-16(21)20-13;/h6-8,18H,2-5,9-12H2,1H3,(H,19,22);1H. The fourth-order valence-corrected chi connectivity index (χ4v) is 4.67. The van der Waals surface area contributed by atoms with Gasteiger partial charge in [-0.25, -0.2) is 4.98 Å². The van der Waals surface area contributed by atoms with Crippen molar-refractivity contribution in [2.75, 3.05) is 39.1 Å². The summed E-state index contributed by atoms with van der Waals surface area (Å²) in [5.74, 6) is 0.912. The monoisotopic (exact) mass is 432 g/mol. The first-order chi connectivity index (χ1) is 12.6. The molecular weight excluding hydrogens is 408 g/mol. The number of piperidine rings is 1. The van der Waals surface area contributed by atoms with E-state index in [-0.39, 0.29) is 29.3 Å². The van der Waals surface area contributed by atoms with E-state index in [1.807, 2.05) is 5.38 Å². The number of hydrogen-bond donors (Lipinski definition) is 2. The van der Waals surface area contributed by atoms with Gasteiger partial charge in [0.1, 0.15) is 0 Å². The molecule has 0 unspecified atom stereocenters. The van der Waals surface area contributed by atoms with E-state index in [1.165, 1.54) is 33.6 Å². The smallest absolute Gasteiger partial charge is 0.258 e. The Balaban J connectivity index is 0.00000261. The van der Waals surface area contributed by atoms with Crippen LogP contribution in [0.25, 0.3) is 4.96 Å². The van der Waals surface area contributed by atoms with E-state index in [9.17, 15) is 9.59 Å². The van der Waals surface area contributed by atoms with Crippen molar-refractivity contribution >= 4 is 46.4 Å². The molecule has 0 bridgehead atoms. The first-order valence-electron chi connectivity index (χ1n) is 8.62. The summed E-state index contributed by atoms with van der Waals surface area (Å²) >= 11 is 2.90. The predicted octanol–water partition coefficient (Wildman–Crippen LogP) is 1.54. The third kappa shape index (κ3) is 5.92. The largest absolute Gasteiger partial charge is 0.384 e. The molecule has 0 saturated carbocycles. The van der Waals surface area contributed by atoms with Crippen LogP contribution in [-0.4, -0.2) is 54.4 Å². The molecule has 1 amide bonds. The minimum Gasteiger partial charge on any atom is -0.384 e. The van der Waals surface area contributed by atoms with Gasteiger partial charge in [0.05, 0.1) is 18.1 Å². The Labute approximate surface area is 172 Å². The molecule has 27 heavy (non-hydrogen) atoms. The van der Waals surface area contributed by atoms with Crippen molar-refractivity contribution in [2.24, 2.45) is 5.41 Å². The van der Waals surface area contributed by atoms with E-state index in [1.54, 1.807) is 13.3 Å². The summed E-state index contributed by atoms with van der Waals surface area (Å²) in [6.07, 6.45) is 3.72. The summed E-state index contributed by atoms with van der Waals surface area (Å²) in [6.45, 7) is 3.22. The number of hydrogen-bond acceptors (Lipinski definition) is 7. The second kappa shape index (κ2) is 10.4. The fraction of sp³-hybridized carbons (Fsp3) is 0.588. The average Bonchev–Trinajstić information content (AvgIpc) is 3.10. The zero-order valence-electron chi connectivity index (χ0n) is 15.2. The molecule has 150 valence electrons. The van der Waals surface area contributed by atoms with Gasteiger partial charge in [0.25, 0.3) is 5.56 Å². The van der Waals surface area contributed by atoms with Crippen molar-refractivity contribution < 1.29 is 9.53 Å². The maximum absolute atomic E-state index is 12.2. The number of thioether (sulfide) groups is 1. The maximum atomic E-state index is 12.2. The highest BCUT2D eigenvalue weighted by atomic mass is 35.5. The van der Waals surface area contributed by atoms with Crippen molar-refractivity contribution in [1.29, 1.82) is 0 Å². The third-order valence-corrected chi connectivity index (χ3v) is 6.34. The Hall–Kier alpha value is -1.13. The number of amides is 1. The summed E-state index contributed by atoms with van der Waals surface area (Å²) in [5.41, 5.74) is 0.661. The van der Waals surface area contributed by atoms with E-state index in [0.717, 1.165) is 25.9 Å². The van der Waals surface area contributed by atoms with Gasteiger partial charge in [0.2, 0.25) is 5.91 Å². The lowest BCUT2D eigenvalue weighted by atomic mass is 9.79. The molecule has 3 heterocycles. The quantitative estimate of drug-likeness (QED) is 0.658. The zero-order valence-corrected chi connectivity index (χ0v) is 17.7. The first-order valence-corrected chi connectivity index (χ1v) is 10.7. The van der Waals surface area contributed by atoms with Crippen molar-refractivity contribution in [3.05, 3.63) is 33.7 Å². The Morgan fingerprint density at radius 2 is 2.26 bits per heavy atom. The predicted molar refractivity (Wildman–Crippen MR) is 112 cm³/mol. The minimum atomic E-state index is -0.0799. The highest BCUT2D eigenvalue weighted by Crippen LogP contribution is 2.28. The van der Waals surface area contributed by atoms with E-state index >= 15 is 0 Å². The van der Waals surface area contributed by atoms with E-state index in [0.29, 0.717) is 35.3 Å². The number of fused-ring (bicyclic) bond motifs is 1. The molecule has 7 nitrogen and oxygen atoms in total. The molecule has 0 radical (unpaired) electrons. The Bertz CT molecular complexity index is 799. The SMILES string of the molecule is COCC1(CNC(=O)CSCc2cc(=O)n3ccsc3n2)CCNCC1.Cl. The van der Waals surface area contributed by atoms with Gasteiger partial charge in [0.15, 0.2) is 4.96 Å². The van der Waals surface area contributed by atoms with E-state index in [2.05, 4.69) is 15.6 Å². The number of rotatable bonds is 8. The number of nitrogens with zero attached hydrogens (tertiary/aromatic N) is 2.